The molecule has 0 bridgehead atoms. The summed E-state index contributed by atoms with van der Waals surface area (Å²) in [6.45, 7) is 9.15. The fourth-order valence-electron chi connectivity index (χ4n) is 3.42. The molecule has 1 N–H and O–H groups in total. The van der Waals surface area contributed by atoms with E-state index in [1.165, 1.54) is 0 Å². The van der Waals surface area contributed by atoms with Gasteiger partial charge in [0.1, 0.15) is 0 Å². The van der Waals surface area contributed by atoms with Crippen LogP contribution in [-0.2, 0) is 4.79 Å². The van der Waals surface area contributed by atoms with Crippen molar-refractivity contribution in [3.05, 3.63) is 23.3 Å². The molecule has 2 atom stereocenters. The number of piperidine rings is 1. The van der Waals surface area contributed by atoms with Crippen LogP contribution in [0.2, 0.25) is 0 Å². The fourth-order valence-corrected chi connectivity index (χ4v) is 3.42. The third-order valence-corrected chi connectivity index (χ3v) is 4.79. The van der Waals surface area contributed by atoms with E-state index >= 15 is 0 Å². The van der Waals surface area contributed by atoms with Crippen molar-refractivity contribution in [3.63, 3.8) is 0 Å². The number of nitrogens with one attached hydrogen (secondary N) is 1. The van der Waals surface area contributed by atoms with E-state index in [-0.39, 0.29) is 24.0 Å². The molecule has 1 aliphatic heterocycles. The highest BCUT2D eigenvalue weighted by atomic mass is 16.5. The Bertz CT molecular complexity index is 586. The quantitative estimate of drug-likeness (QED) is 0.869. The van der Waals surface area contributed by atoms with Crippen LogP contribution in [0.5, 0.6) is 11.5 Å². The van der Waals surface area contributed by atoms with E-state index in [4.69, 9.17) is 9.47 Å². The van der Waals surface area contributed by atoms with Gasteiger partial charge in [-0.05, 0) is 63.8 Å². The lowest BCUT2D eigenvalue weighted by Gasteiger charge is -2.36. The number of ether oxygens (including phenoxy) is 2. The minimum absolute atomic E-state index is 0.0610. The van der Waals surface area contributed by atoms with Gasteiger partial charge in [-0.3, -0.25) is 10.1 Å². The zero-order chi connectivity index (χ0) is 17.9. The van der Waals surface area contributed by atoms with Crippen LogP contribution >= 0.6 is 0 Å². The minimum atomic E-state index is -0.122. The van der Waals surface area contributed by atoms with E-state index in [1.807, 2.05) is 17.0 Å². The van der Waals surface area contributed by atoms with Gasteiger partial charge < -0.3 is 14.4 Å². The van der Waals surface area contributed by atoms with Crippen molar-refractivity contribution in [2.75, 3.05) is 20.8 Å². The Balaban J connectivity index is 2.17. The first-order valence-electron chi connectivity index (χ1n) is 8.68. The highest BCUT2D eigenvalue weighted by Gasteiger charge is 2.31. The summed E-state index contributed by atoms with van der Waals surface area (Å²) in [5, 5.41) is 3.51. The van der Waals surface area contributed by atoms with Gasteiger partial charge in [0, 0.05) is 18.6 Å². The average Bonchev–Trinajstić information content (AvgIpc) is 2.55. The normalized spacial score (nSPS) is 19.5. The van der Waals surface area contributed by atoms with Gasteiger partial charge in [0.05, 0.1) is 20.3 Å². The van der Waals surface area contributed by atoms with Gasteiger partial charge in [-0.15, -0.1) is 0 Å². The van der Waals surface area contributed by atoms with Crippen molar-refractivity contribution >= 4 is 5.91 Å². The number of amides is 1. The maximum Gasteiger partial charge on any atom is 0.239 e. The molecule has 1 aliphatic rings. The molecule has 0 saturated carbocycles. The number of hydrogen-bond acceptors (Lipinski definition) is 4. The van der Waals surface area contributed by atoms with Crippen molar-refractivity contribution in [1.29, 1.82) is 0 Å². The van der Waals surface area contributed by atoms with Gasteiger partial charge in [-0.2, -0.15) is 0 Å². The van der Waals surface area contributed by atoms with Gasteiger partial charge in [-0.25, -0.2) is 0 Å². The summed E-state index contributed by atoms with van der Waals surface area (Å²) < 4.78 is 10.8. The standard InChI is InChI=1S/C19H30N2O3/c1-12(2)21-9-7-8-16(19(21)22)20-14(4)15-11-18(24-6)17(23-5)10-13(15)3/h10-12,14,16,20H,7-9H2,1-6H3. The monoisotopic (exact) mass is 334 g/mol. The summed E-state index contributed by atoms with van der Waals surface area (Å²) in [6, 6.07) is 4.17. The van der Waals surface area contributed by atoms with Crippen molar-refractivity contribution < 1.29 is 14.3 Å². The number of hydrogen-bond donors (Lipinski definition) is 1. The van der Waals surface area contributed by atoms with Crippen LogP contribution in [0.4, 0.5) is 0 Å². The topological polar surface area (TPSA) is 50.8 Å². The maximum absolute atomic E-state index is 12.7. The van der Waals surface area contributed by atoms with Crippen molar-refractivity contribution in [1.82, 2.24) is 10.2 Å². The lowest BCUT2D eigenvalue weighted by atomic mass is 9.98. The lowest BCUT2D eigenvalue weighted by molar-refractivity contribution is -0.138. The van der Waals surface area contributed by atoms with Crippen LogP contribution in [0.1, 0.15) is 50.8 Å². The summed E-state index contributed by atoms with van der Waals surface area (Å²) in [5.41, 5.74) is 2.25. The molecule has 0 aliphatic carbocycles. The van der Waals surface area contributed by atoms with E-state index in [2.05, 4.69) is 33.0 Å². The molecule has 0 aromatic heterocycles. The molecule has 2 rings (SSSR count). The molecule has 1 heterocycles. The summed E-state index contributed by atoms with van der Waals surface area (Å²) in [7, 11) is 3.28. The van der Waals surface area contributed by atoms with E-state index < -0.39 is 0 Å². The molecule has 5 heteroatoms. The number of carbonyl (C=O) groups excluding carboxylic acids is 1. The molecule has 134 valence electrons. The summed E-state index contributed by atoms with van der Waals surface area (Å²) in [4.78, 5) is 14.6. The van der Waals surface area contributed by atoms with Gasteiger partial charge in [0.25, 0.3) is 0 Å². The number of nitrogens with zero attached hydrogens (tertiary/aromatic N) is 1. The third kappa shape index (κ3) is 3.83. The van der Waals surface area contributed by atoms with Gasteiger partial charge in [0.15, 0.2) is 11.5 Å². The van der Waals surface area contributed by atoms with E-state index in [0.29, 0.717) is 5.75 Å². The molecule has 0 radical (unpaired) electrons. The van der Waals surface area contributed by atoms with Crippen molar-refractivity contribution in [3.8, 4) is 11.5 Å². The molecule has 0 spiro atoms. The second-order valence-corrected chi connectivity index (χ2v) is 6.77. The molecule has 1 fully saturated rings. The van der Waals surface area contributed by atoms with E-state index in [9.17, 15) is 4.79 Å². The molecular weight excluding hydrogens is 304 g/mol. The summed E-state index contributed by atoms with van der Waals surface area (Å²) in [6.07, 6.45) is 1.93. The Morgan fingerprint density at radius 2 is 1.79 bits per heavy atom. The highest BCUT2D eigenvalue weighted by molar-refractivity contribution is 5.83. The van der Waals surface area contributed by atoms with Crippen LogP contribution < -0.4 is 14.8 Å². The zero-order valence-electron chi connectivity index (χ0n) is 15.7. The first-order chi connectivity index (χ1) is 11.4. The van der Waals surface area contributed by atoms with E-state index in [1.54, 1.807) is 14.2 Å². The van der Waals surface area contributed by atoms with E-state index in [0.717, 1.165) is 36.3 Å². The summed E-state index contributed by atoms with van der Waals surface area (Å²) in [5.74, 6) is 1.65. The predicted octanol–water partition coefficient (Wildman–Crippen LogP) is 3.06. The highest BCUT2D eigenvalue weighted by Crippen LogP contribution is 2.33. The SMILES string of the molecule is COc1cc(C)c(C(C)NC2CCCN(C(C)C)C2=O)cc1OC. The number of carbonyl (C=O) groups is 1. The largest absolute Gasteiger partial charge is 0.493 e. The Hall–Kier alpha value is -1.75. The fraction of sp³-hybridized carbons (Fsp3) is 0.632. The molecular formula is C19H30N2O3. The van der Waals surface area contributed by atoms with Gasteiger partial charge >= 0.3 is 0 Å². The number of rotatable bonds is 6. The number of likely N-dealkylation sites (tertiary alicyclic amines) is 1. The first-order valence-corrected chi connectivity index (χ1v) is 8.68. The molecule has 1 aromatic rings. The molecule has 24 heavy (non-hydrogen) atoms. The minimum Gasteiger partial charge on any atom is -0.493 e. The van der Waals surface area contributed by atoms with Crippen molar-refractivity contribution in [2.45, 2.75) is 58.7 Å². The van der Waals surface area contributed by atoms with Gasteiger partial charge in [-0.1, -0.05) is 0 Å². The Labute approximate surface area is 145 Å². The Morgan fingerprint density at radius 1 is 1.17 bits per heavy atom. The smallest absolute Gasteiger partial charge is 0.239 e. The van der Waals surface area contributed by atoms with Crippen LogP contribution in [0.25, 0.3) is 0 Å². The number of methoxy groups -OCH3 is 2. The predicted molar refractivity (Wildman–Crippen MR) is 95.7 cm³/mol. The third-order valence-electron chi connectivity index (χ3n) is 4.79. The van der Waals surface area contributed by atoms with Crippen LogP contribution in [-0.4, -0.2) is 43.7 Å². The van der Waals surface area contributed by atoms with Gasteiger partial charge in [0.2, 0.25) is 5.91 Å². The van der Waals surface area contributed by atoms with Crippen LogP contribution in [0.3, 0.4) is 0 Å². The molecule has 1 aromatic carbocycles. The molecule has 2 unspecified atom stereocenters. The molecule has 1 saturated heterocycles. The van der Waals surface area contributed by atoms with Crippen LogP contribution in [0, 0.1) is 6.92 Å². The first kappa shape index (κ1) is 18.6. The second kappa shape index (κ2) is 7.88. The Kier molecular flexibility index (Phi) is 6.10. The average molecular weight is 334 g/mol. The number of aryl methyl sites for hydroxylation is 1. The Morgan fingerprint density at radius 3 is 2.38 bits per heavy atom. The van der Waals surface area contributed by atoms with Crippen molar-refractivity contribution in [2.24, 2.45) is 0 Å². The molecule has 5 nitrogen and oxygen atoms in total. The summed E-state index contributed by atoms with van der Waals surface area (Å²) >= 11 is 0. The van der Waals surface area contributed by atoms with Crippen LogP contribution in [0.15, 0.2) is 12.1 Å². The molecule has 1 amide bonds. The second-order valence-electron chi connectivity index (χ2n) is 6.77. The zero-order valence-corrected chi connectivity index (χ0v) is 15.7. The number of benzene rings is 1. The maximum atomic E-state index is 12.7. The lowest BCUT2D eigenvalue weighted by Crippen LogP contribution is -2.53.